The number of aryl methyl sites for hydroxylation is 1. The third kappa shape index (κ3) is 3.04. The third-order valence-electron chi connectivity index (χ3n) is 5.12. The van der Waals surface area contributed by atoms with Gasteiger partial charge in [-0.15, -0.1) is 10.2 Å². The Hall–Kier alpha value is -1.51. The molecule has 0 N–H and O–H groups in total. The van der Waals surface area contributed by atoms with Gasteiger partial charge in [-0.2, -0.15) is 4.31 Å². The Bertz CT molecular complexity index is 931. The fourth-order valence-electron chi connectivity index (χ4n) is 3.85. The molecule has 0 aliphatic carbocycles. The molecule has 1 fully saturated rings. The molecule has 0 unspecified atom stereocenters. The average Bonchev–Trinajstić information content (AvgIpc) is 3.16. The van der Waals surface area contributed by atoms with Crippen LogP contribution in [0.1, 0.15) is 49.8 Å². The van der Waals surface area contributed by atoms with Gasteiger partial charge in [-0.05, 0) is 43.9 Å². The summed E-state index contributed by atoms with van der Waals surface area (Å²) in [5.74, 6) is 1.08. The molecule has 9 heteroatoms. The van der Waals surface area contributed by atoms with E-state index < -0.39 is 15.8 Å². The van der Waals surface area contributed by atoms with Gasteiger partial charge in [-0.3, -0.25) is 0 Å². The summed E-state index contributed by atoms with van der Waals surface area (Å²) < 4.78 is 43.2. The fraction of sp³-hybridized carbons (Fsp3) is 0.529. The summed E-state index contributed by atoms with van der Waals surface area (Å²) in [6.07, 6.45) is 5.56. The largest absolute Gasteiger partial charge is 0.314 e. The highest BCUT2D eigenvalue weighted by molar-refractivity contribution is 7.89. The number of halogens is 2. The Balaban J connectivity index is 1.72. The van der Waals surface area contributed by atoms with Crippen LogP contribution >= 0.6 is 11.6 Å². The van der Waals surface area contributed by atoms with Crippen molar-refractivity contribution in [2.45, 2.75) is 56.0 Å². The second-order valence-corrected chi connectivity index (χ2v) is 9.05. The minimum atomic E-state index is -3.84. The van der Waals surface area contributed by atoms with Gasteiger partial charge in [0.25, 0.3) is 0 Å². The minimum Gasteiger partial charge on any atom is -0.314 e. The Morgan fingerprint density at radius 2 is 1.96 bits per heavy atom. The van der Waals surface area contributed by atoms with Crippen LogP contribution < -0.4 is 0 Å². The molecule has 0 radical (unpaired) electrons. The molecule has 1 saturated heterocycles. The Kier molecular flexibility index (Phi) is 4.75. The van der Waals surface area contributed by atoms with Crippen molar-refractivity contribution in [1.29, 1.82) is 0 Å². The van der Waals surface area contributed by atoms with Gasteiger partial charge in [0.05, 0.1) is 11.1 Å². The predicted molar refractivity (Wildman–Crippen MR) is 94.9 cm³/mol. The smallest absolute Gasteiger partial charge is 0.245 e. The lowest BCUT2D eigenvalue weighted by Gasteiger charge is -2.24. The van der Waals surface area contributed by atoms with E-state index in [1.54, 1.807) is 0 Å². The Morgan fingerprint density at radius 3 is 2.77 bits per heavy atom. The summed E-state index contributed by atoms with van der Waals surface area (Å²) >= 11 is 6.02. The molecule has 26 heavy (non-hydrogen) atoms. The lowest BCUT2D eigenvalue weighted by Crippen LogP contribution is -2.32. The molecule has 1 aromatic heterocycles. The maximum absolute atomic E-state index is 13.3. The molecule has 2 aliphatic rings. The molecule has 2 aliphatic heterocycles. The van der Waals surface area contributed by atoms with Crippen LogP contribution in [0.3, 0.4) is 0 Å². The van der Waals surface area contributed by atoms with Crippen LogP contribution in [0.15, 0.2) is 23.1 Å². The van der Waals surface area contributed by atoms with E-state index in [0.29, 0.717) is 18.8 Å². The zero-order valence-electron chi connectivity index (χ0n) is 14.2. The lowest BCUT2D eigenvalue weighted by atomic mass is 10.2. The van der Waals surface area contributed by atoms with E-state index in [1.807, 2.05) is 0 Å². The number of rotatable bonds is 3. The highest BCUT2D eigenvalue weighted by atomic mass is 35.5. The molecule has 0 amide bonds. The van der Waals surface area contributed by atoms with E-state index in [4.69, 9.17) is 11.6 Å². The second kappa shape index (κ2) is 6.90. The minimum absolute atomic E-state index is 0.0666. The first kappa shape index (κ1) is 17.9. The number of sulfonamides is 1. The van der Waals surface area contributed by atoms with E-state index in [0.717, 1.165) is 56.6 Å². The van der Waals surface area contributed by atoms with E-state index in [2.05, 4.69) is 14.8 Å². The van der Waals surface area contributed by atoms with Crippen LogP contribution in [-0.2, 0) is 23.0 Å². The predicted octanol–water partition coefficient (Wildman–Crippen LogP) is 3.32. The zero-order valence-corrected chi connectivity index (χ0v) is 15.8. The van der Waals surface area contributed by atoms with E-state index in [-0.39, 0.29) is 16.0 Å². The van der Waals surface area contributed by atoms with Crippen LogP contribution in [0.25, 0.3) is 0 Å². The molecule has 0 saturated carbocycles. The summed E-state index contributed by atoms with van der Waals surface area (Å²) in [7, 11) is -3.84. The van der Waals surface area contributed by atoms with Gasteiger partial charge >= 0.3 is 0 Å². The SMILES string of the molecule is O=S(=O)(c1ccc(F)cc1Cl)N1CCC[C@@H]1c1nnc2n1CCCCC2. The number of hydrogen-bond donors (Lipinski definition) is 0. The van der Waals surface area contributed by atoms with Crippen molar-refractivity contribution in [3.63, 3.8) is 0 Å². The number of aromatic nitrogens is 3. The topological polar surface area (TPSA) is 68.1 Å². The van der Waals surface area contributed by atoms with Crippen molar-refractivity contribution in [3.05, 3.63) is 40.7 Å². The maximum atomic E-state index is 13.3. The lowest BCUT2D eigenvalue weighted by molar-refractivity contribution is 0.370. The molecular weight excluding hydrogens is 379 g/mol. The average molecular weight is 399 g/mol. The summed E-state index contributed by atoms with van der Waals surface area (Å²) in [4.78, 5) is -0.0666. The van der Waals surface area contributed by atoms with Crippen molar-refractivity contribution in [2.24, 2.45) is 0 Å². The normalized spacial score (nSPS) is 21.5. The van der Waals surface area contributed by atoms with Gasteiger partial charge in [-0.25, -0.2) is 12.8 Å². The van der Waals surface area contributed by atoms with Crippen LogP contribution in [0.5, 0.6) is 0 Å². The van der Waals surface area contributed by atoms with Gasteiger partial charge in [0.2, 0.25) is 10.0 Å². The van der Waals surface area contributed by atoms with Gasteiger partial charge in [0, 0.05) is 19.5 Å². The van der Waals surface area contributed by atoms with Crippen LogP contribution in [0.2, 0.25) is 5.02 Å². The molecule has 0 spiro atoms. The highest BCUT2D eigenvalue weighted by Crippen LogP contribution is 2.38. The molecular formula is C17H20ClFN4O2S. The van der Waals surface area contributed by atoms with E-state index in [9.17, 15) is 12.8 Å². The van der Waals surface area contributed by atoms with E-state index in [1.165, 1.54) is 10.4 Å². The number of nitrogens with zero attached hydrogens (tertiary/aromatic N) is 4. The standard InChI is InChI=1S/C17H20ClFN4O2S/c18-13-11-12(19)7-8-15(13)26(24,25)23-10-4-5-14(23)17-21-20-16-6-2-1-3-9-22(16)17/h7-8,11,14H,1-6,9-10H2/t14-/m1/s1. The number of benzene rings is 1. The van der Waals surface area contributed by atoms with Crippen LogP contribution in [0, 0.1) is 5.82 Å². The van der Waals surface area contributed by atoms with Crippen molar-refractivity contribution < 1.29 is 12.8 Å². The van der Waals surface area contributed by atoms with Crippen LogP contribution in [-0.4, -0.2) is 34.0 Å². The monoisotopic (exact) mass is 398 g/mol. The highest BCUT2D eigenvalue weighted by Gasteiger charge is 2.40. The molecule has 2 aromatic rings. The summed E-state index contributed by atoms with van der Waals surface area (Å²) in [6, 6.07) is 3.02. The molecule has 3 heterocycles. The van der Waals surface area contributed by atoms with Gasteiger partial charge in [0.15, 0.2) is 5.82 Å². The Labute approximate surface area is 157 Å². The second-order valence-electron chi connectivity index (χ2n) is 6.79. The van der Waals surface area contributed by atoms with Gasteiger partial charge < -0.3 is 4.57 Å². The van der Waals surface area contributed by atoms with Gasteiger partial charge in [0.1, 0.15) is 16.5 Å². The zero-order chi connectivity index (χ0) is 18.3. The summed E-state index contributed by atoms with van der Waals surface area (Å²) in [6.45, 7) is 1.21. The fourth-order valence-corrected chi connectivity index (χ4v) is 6.01. The van der Waals surface area contributed by atoms with Crippen molar-refractivity contribution in [1.82, 2.24) is 19.1 Å². The van der Waals surface area contributed by atoms with Crippen molar-refractivity contribution in [2.75, 3.05) is 6.54 Å². The summed E-state index contributed by atoms with van der Waals surface area (Å²) in [5, 5.41) is 8.52. The first-order chi connectivity index (χ1) is 12.5. The van der Waals surface area contributed by atoms with Crippen LogP contribution in [0.4, 0.5) is 4.39 Å². The third-order valence-corrected chi connectivity index (χ3v) is 7.51. The van der Waals surface area contributed by atoms with Crippen molar-refractivity contribution in [3.8, 4) is 0 Å². The molecule has 140 valence electrons. The van der Waals surface area contributed by atoms with Gasteiger partial charge in [-0.1, -0.05) is 18.0 Å². The molecule has 1 atom stereocenters. The number of hydrogen-bond acceptors (Lipinski definition) is 4. The Morgan fingerprint density at radius 1 is 1.12 bits per heavy atom. The first-order valence-electron chi connectivity index (χ1n) is 8.87. The molecule has 0 bridgehead atoms. The summed E-state index contributed by atoms with van der Waals surface area (Å²) in [5.41, 5.74) is 0. The first-order valence-corrected chi connectivity index (χ1v) is 10.7. The molecule has 1 aromatic carbocycles. The number of fused-ring (bicyclic) bond motifs is 1. The maximum Gasteiger partial charge on any atom is 0.245 e. The van der Waals surface area contributed by atoms with Crippen molar-refractivity contribution >= 4 is 21.6 Å². The quantitative estimate of drug-likeness (QED) is 0.795. The molecule has 6 nitrogen and oxygen atoms in total. The van der Waals surface area contributed by atoms with E-state index >= 15 is 0 Å². The molecule has 4 rings (SSSR count).